The van der Waals surface area contributed by atoms with Crippen LogP contribution in [0.1, 0.15) is 18.9 Å². The molecule has 8 heteroatoms. The first-order chi connectivity index (χ1) is 16.3. The van der Waals surface area contributed by atoms with Crippen LogP contribution in [0, 0.1) is 5.92 Å². The minimum Gasteiger partial charge on any atom is -0.506 e. The molecule has 2 saturated heterocycles. The van der Waals surface area contributed by atoms with E-state index in [4.69, 9.17) is 11.6 Å². The number of hydrogen-bond acceptors (Lipinski definition) is 5. The van der Waals surface area contributed by atoms with Crippen LogP contribution in [0.2, 0.25) is 5.02 Å². The van der Waals surface area contributed by atoms with Gasteiger partial charge in [0, 0.05) is 44.1 Å². The molecule has 2 fully saturated rings. The van der Waals surface area contributed by atoms with Crippen molar-refractivity contribution < 1.29 is 14.7 Å². The van der Waals surface area contributed by atoms with E-state index in [0.29, 0.717) is 38.3 Å². The molecule has 2 aromatic rings. The summed E-state index contributed by atoms with van der Waals surface area (Å²) >= 11 is 5.91. The number of piperazine rings is 1. The van der Waals surface area contributed by atoms with Gasteiger partial charge in [0.15, 0.2) is 0 Å². The summed E-state index contributed by atoms with van der Waals surface area (Å²) in [7, 11) is 0. The lowest BCUT2D eigenvalue weighted by atomic mass is 10.1. The average Bonchev–Trinajstić information content (AvgIpc) is 3.30. The average molecular weight is 483 g/mol. The highest BCUT2D eigenvalue weighted by Gasteiger charge is 2.31. The number of carbonyl (C=O) groups excluding carboxylic acids is 2. The van der Waals surface area contributed by atoms with Crippen molar-refractivity contribution in [2.45, 2.75) is 13.3 Å². The van der Waals surface area contributed by atoms with Gasteiger partial charge in [0.2, 0.25) is 11.8 Å². The van der Waals surface area contributed by atoms with E-state index in [0.717, 1.165) is 30.8 Å². The van der Waals surface area contributed by atoms with Crippen LogP contribution in [0.3, 0.4) is 0 Å². The van der Waals surface area contributed by atoms with Gasteiger partial charge in [-0.2, -0.15) is 0 Å². The molecular formula is C26H31ClN4O3. The number of phenolic OH excluding ortho intramolecular Hbond substituents is 1. The first kappa shape index (κ1) is 24.1. The van der Waals surface area contributed by atoms with Gasteiger partial charge < -0.3 is 20.2 Å². The molecule has 2 aromatic carbocycles. The lowest BCUT2D eigenvalue weighted by Gasteiger charge is -2.36. The molecule has 0 aromatic heterocycles. The summed E-state index contributed by atoms with van der Waals surface area (Å²) in [6.45, 7) is 10.6. The van der Waals surface area contributed by atoms with Crippen LogP contribution in [-0.2, 0) is 9.59 Å². The molecule has 34 heavy (non-hydrogen) atoms. The molecule has 0 bridgehead atoms. The Morgan fingerprint density at radius 3 is 2.44 bits per heavy atom. The minimum absolute atomic E-state index is 0.0215. The maximum absolute atomic E-state index is 12.9. The Balaban J connectivity index is 1.22. The number of anilines is 2. The van der Waals surface area contributed by atoms with Crippen molar-refractivity contribution in [2.75, 3.05) is 56.0 Å². The second-order valence-electron chi connectivity index (χ2n) is 9.07. The van der Waals surface area contributed by atoms with Crippen molar-refractivity contribution in [3.63, 3.8) is 0 Å². The van der Waals surface area contributed by atoms with Crippen LogP contribution in [0.5, 0.6) is 5.75 Å². The lowest BCUT2D eigenvalue weighted by Crippen LogP contribution is -2.51. The van der Waals surface area contributed by atoms with Crippen molar-refractivity contribution in [1.82, 2.24) is 9.80 Å². The number of rotatable bonds is 6. The number of hydrogen-bond donors (Lipinski definition) is 2. The van der Waals surface area contributed by atoms with E-state index in [1.54, 1.807) is 6.07 Å². The van der Waals surface area contributed by atoms with Gasteiger partial charge >= 0.3 is 0 Å². The van der Waals surface area contributed by atoms with Crippen LogP contribution in [0.25, 0.3) is 5.57 Å². The summed E-state index contributed by atoms with van der Waals surface area (Å²) < 4.78 is 0. The van der Waals surface area contributed by atoms with Crippen LogP contribution in [0.15, 0.2) is 49.0 Å². The Kier molecular flexibility index (Phi) is 7.44. The van der Waals surface area contributed by atoms with E-state index in [9.17, 15) is 14.7 Å². The summed E-state index contributed by atoms with van der Waals surface area (Å²) in [4.78, 5) is 31.8. The van der Waals surface area contributed by atoms with Crippen LogP contribution < -0.4 is 10.2 Å². The normalized spacial score (nSPS) is 18.7. The van der Waals surface area contributed by atoms with Crippen molar-refractivity contribution >= 4 is 40.4 Å². The number of aromatic hydroxyl groups is 1. The highest BCUT2D eigenvalue weighted by molar-refractivity contribution is 6.32. The molecule has 0 aliphatic carbocycles. The zero-order chi connectivity index (χ0) is 24.2. The SMILES string of the molecule is C=C(C)c1ccc(N2CCN(C(=O)CN3CC[C@@H](C(=O)Nc4ccc(O)c(Cl)c4)C3)CC2)cc1. The summed E-state index contributed by atoms with van der Waals surface area (Å²) in [5.41, 5.74) is 3.91. The third-order valence-electron chi connectivity index (χ3n) is 6.57. The Morgan fingerprint density at radius 1 is 1.09 bits per heavy atom. The summed E-state index contributed by atoms with van der Waals surface area (Å²) in [5, 5.41) is 12.6. The molecule has 2 N–H and O–H groups in total. The number of amides is 2. The highest BCUT2D eigenvalue weighted by atomic mass is 35.5. The van der Waals surface area contributed by atoms with Gasteiger partial charge in [-0.05, 0) is 55.8 Å². The van der Waals surface area contributed by atoms with E-state index < -0.39 is 0 Å². The topological polar surface area (TPSA) is 76.1 Å². The first-order valence-electron chi connectivity index (χ1n) is 11.6. The smallest absolute Gasteiger partial charge is 0.236 e. The van der Waals surface area contributed by atoms with E-state index in [-0.39, 0.29) is 28.5 Å². The Labute approximate surface area is 205 Å². The molecule has 7 nitrogen and oxygen atoms in total. The van der Waals surface area contributed by atoms with Gasteiger partial charge in [-0.15, -0.1) is 0 Å². The number of nitrogens with zero attached hydrogens (tertiary/aromatic N) is 3. The summed E-state index contributed by atoms with van der Waals surface area (Å²) in [6.07, 6.45) is 0.707. The maximum Gasteiger partial charge on any atom is 0.236 e. The van der Waals surface area contributed by atoms with Gasteiger partial charge in [-0.25, -0.2) is 0 Å². The van der Waals surface area contributed by atoms with Crippen molar-refractivity contribution in [1.29, 1.82) is 0 Å². The van der Waals surface area contributed by atoms with Crippen LogP contribution >= 0.6 is 11.6 Å². The molecule has 0 radical (unpaired) electrons. The van der Waals surface area contributed by atoms with Crippen molar-refractivity contribution in [2.24, 2.45) is 5.92 Å². The largest absolute Gasteiger partial charge is 0.506 e. The van der Waals surface area contributed by atoms with Crippen molar-refractivity contribution in [3.05, 3.63) is 59.6 Å². The zero-order valence-corrected chi connectivity index (χ0v) is 20.2. The molecule has 2 heterocycles. The molecule has 0 unspecified atom stereocenters. The number of carbonyl (C=O) groups is 2. The van der Waals surface area contributed by atoms with Gasteiger partial charge in [0.05, 0.1) is 17.5 Å². The van der Waals surface area contributed by atoms with Gasteiger partial charge in [0.25, 0.3) is 0 Å². The Bertz CT molecular complexity index is 1060. The van der Waals surface area contributed by atoms with E-state index in [1.807, 2.05) is 11.8 Å². The number of phenols is 1. The number of halogens is 1. The molecule has 2 aliphatic rings. The van der Waals surface area contributed by atoms with E-state index in [2.05, 4.69) is 46.0 Å². The molecule has 0 spiro atoms. The van der Waals surface area contributed by atoms with E-state index >= 15 is 0 Å². The predicted molar refractivity (Wildman–Crippen MR) is 136 cm³/mol. The fourth-order valence-electron chi connectivity index (χ4n) is 4.48. The second-order valence-corrected chi connectivity index (χ2v) is 9.48. The first-order valence-corrected chi connectivity index (χ1v) is 12.0. The fraction of sp³-hybridized carbons (Fsp3) is 0.385. The number of allylic oxidation sites excluding steroid dienone is 1. The van der Waals surface area contributed by atoms with Crippen LogP contribution in [-0.4, -0.2) is 72.5 Å². The Hall–Kier alpha value is -3.03. The fourth-order valence-corrected chi connectivity index (χ4v) is 4.66. The number of benzene rings is 2. The quantitative estimate of drug-likeness (QED) is 0.614. The molecule has 1 atom stereocenters. The maximum atomic E-state index is 12.9. The monoisotopic (exact) mass is 482 g/mol. The molecule has 0 saturated carbocycles. The molecule has 2 amide bonds. The zero-order valence-electron chi connectivity index (χ0n) is 19.5. The van der Waals surface area contributed by atoms with Crippen LogP contribution in [0.4, 0.5) is 11.4 Å². The molecule has 4 rings (SSSR count). The third kappa shape index (κ3) is 5.72. The van der Waals surface area contributed by atoms with Gasteiger partial charge in [0.1, 0.15) is 5.75 Å². The summed E-state index contributed by atoms with van der Waals surface area (Å²) in [6, 6.07) is 13.0. The lowest BCUT2D eigenvalue weighted by molar-refractivity contribution is -0.132. The van der Waals surface area contributed by atoms with E-state index in [1.165, 1.54) is 17.8 Å². The highest BCUT2D eigenvalue weighted by Crippen LogP contribution is 2.27. The number of likely N-dealkylation sites (tertiary alicyclic amines) is 1. The minimum atomic E-state index is -0.181. The van der Waals surface area contributed by atoms with Gasteiger partial charge in [-0.3, -0.25) is 14.5 Å². The second kappa shape index (κ2) is 10.5. The standard InChI is InChI=1S/C26H31ClN4O3/c1-18(2)19-3-6-22(7-4-19)30-11-13-31(14-12-30)25(33)17-29-10-9-20(16-29)26(34)28-21-5-8-24(32)23(27)15-21/h3-8,15,20,32H,1,9-14,16-17H2,2H3,(H,28,34)/t20-/m1/s1. The molecular weight excluding hydrogens is 452 g/mol. The summed E-state index contributed by atoms with van der Waals surface area (Å²) in [5.74, 6) is -0.183. The number of nitrogens with one attached hydrogen (secondary N) is 1. The Morgan fingerprint density at radius 2 is 1.79 bits per heavy atom. The van der Waals surface area contributed by atoms with Gasteiger partial charge in [-0.1, -0.05) is 35.9 Å². The van der Waals surface area contributed by atoms with Crippen molar-refractivity contribution in [3.8, 4) is 5.75 Å². The molecule has 180 valence electrons. The predicted octanol–water partition coefficient (Wildman–Crippen LogP) is 3.69. The molecule has 2 aliphatic heterocycles. The third-order valence-corrected chi connectivity index (χ3v) is 6.88.